The molecule has 0 aromatic rings. The number of ether oxygens (including phenoxy) is 2. The molecule has 3 aliphatic carbocycles. The van der Waals surface area contributed by atoms with Crippen molar-refractivity contribution < 1.29 is 39.8 Å². The summed E-state index contributed by atoms with van der Waals surface area (Å²) in [5.74, 6) is 0.164. The van der Waals surface area contributed by atoms with Crippen LogP contribution in [0.4, 0.5) is 0 Å². The predicted molar refractivity (Wildman–Crippen MR) is 128 cm³/mol. The van der Waals surface area contributed by atoms with Gasteiger partial charge in [-0.2, -0.15) is 0 Å². The Balaban J connectivity index is 1.64. The summed E-state index contributed by atoms with van der Waals surface area (Å²) in [7, 11) is 0. The van der Waals surface area contributed by atoms with Crippen molar-refractivity contribution in [3.05, 3.63) is 24.3 Å². The maximum atomic E-state index is 13.5. The molecule has 3 fully saturated rings. The van der Waals surface area contributed by atoms with Crippen LogP contribution in [0.25, 0.3) is 0 Å². The molecule has 11 unspecified atom stereocenters. The van der Waals surface area contributed by atoms with E-state index in [9.17, 15) is 30.3 Å². The number of Topliss-reactive ketones (excluding diaryl/α,β-unsaturated/α-hetero) is 1. The van der Waals surface area contributed by atoms with Gasteiger partial charge in [0.1, 0.15) is 30.2 Å². The largest absolute Gasteiger partial charge is 0.394 e. The highest BCUT2D eigenvalue weighted by molar-refractivity contribution is 5.87. The van der Waals surface area contributed by atoms with Crippen LogP contribution in [0.2, 0.25) is 0 Å². The topological polar surface area (TPSA) is 137 Å². The maximum absolute atomic E-state index is 13.5. The van der Waals surface area contributed by atoms with Gasteiger partial charge in [-0.05, 0) is 54.9 Å². The first-order valence-corrected chi connectivity index (χ1v) is 12.8. The molecular formula is C27H42O8. The minimum Gasteiger partial charge on any atom is -0.394 e. The van der Waals surface area contributed by atoms with Crippen LogP contribution in [-0.2, 0) is 14.3 Å². The van der Waals surface area contributed by atoms with Crippen LogP contribution in [0.5, 0.6) is 0 Å². The zero-order chi connectivity index (χ0) is 26.0. The van der Waals surface area contributed by atoms with Crippen LogP contribution in [0.1, 0.15) is 59.8 Å². The second-order valence-electron chi connectivity index (χ2n) is 12.2. The van der Waals surface area contributed by atoms with Gasteiger partial charge in [0.2, 0.25) is 0 Å². The molecule has 0 bridgehead atoms. The second kappa shape index (κ2) is 9.01. The highest BCUT2D eigenvalue weighted by Gasteiger charge is 2.67. The molecule has 1 saturated heterocycles. The molecular weight excluding hydrogens is 452 g/mol. The summed E-state index contributed by atoms with van der Waals surface area (Å²) in [5, 5.41) is 51.5. The second-order valence-corrected chi connectivity index (χ2v) is 12.2. The van der Waals surface area contributed by atoms with Crippen molar-refractivity contribution in [3.8, 4) is 0 Å². The molecule has 11 atom stereocenters. The Labute approximate surface area is 207 Å². The van der Waals surface area contributed by atoms with E-state index in [-0.39, 0.29) is 29.1 Å². The summed E-state index contributed by atoms with van der Waals surface area (Å²) in [6, 6.07) is 0. The Morgan fingerprint density at radius 2 is 1.80 bits per heavy atom. The van der Waals surface area contributed by atoms with E-state index in [2.05, 4.69) is 33.4 Å². The highest BCUT2D eigenvalue weighted by Crippen LogP contribution is 2.69. The molecule has 5 N–H and O–H groups in total. The Morgan fingerprint density at radius 3 is 2.43 bits per heavy atom. The van der Waals surface area contributed by atoms with Crippen LogP contribution in [-0.4, -0.2) is 81.3 Å². The lowest BCUT2D eigenvalue weighted by atomic mass is 9.37. The first kappa shape index (κ1) is 26.9. The average Bonchev–Trinajstić information content (AvgIpc) is 2.83. The molecule has 0 radical (unpaired) electrons. The molecule has 4 rings (SSSR count). The Morgan fingerprint density at radius 1 is 1.11 bits per heavy atom. The number of rotatable bonds is 5. The van der Waals surface area contributed by atoms with Gasteiger partial charge in [0.05, 0.1) is 24.7 Å². The fraction of sp³-hybridized carbons (Fsp3) is 0.815. The number of carbonyl (C=O) groups excluding carboxylic acids is 1. The summed E-state index contributed by atoms with van der Waals surface area (Å²) in [5.41, 5.74) is -0.957. The molecule has 0 amide bonds. The van der Waals surface area contributed by atoms with E-state index in [1.54, 1.807) is 0 Å². The normalized spacial score (nSPS) is 52.3. The van der Waals surface area contributed by atoms with Crippen LogP contribution in [0, 0.1) is 27.6 Å². The molecule has 35 heavy (non-hydrogen) atoms. The third kappa shape index (κ3) is 3.88. The molecule has 198 valence electrons. The Bertz CT molecular complexity index is 886. The first-order chi connectivity index (χ1) is 16.3. The number of hydrogen-bond donors (Lipinski definition) is 5. The third-order valence-corrected chi connectivity index (χ3v) is 10.4. The number of aliphatic hydroxyl groups is 5. The smallest absolute Gasteiger partial charge is 0.186 e. The molecule has 0 aromatic carbocycles. The van der Waals surface area contributed by atoms with Crippen LogP contribution >= 0.6 is 0 Å². The van der Waals surface area contributed by atoms with Crippen molar-refractivity contribution >= 4 is 5.78 Å². The maximum Gasteiger partial charge on any atom is 0.186 e. The lowest BCUT2D eigenvalue weighted by molar-refractivity contribution is -0.311. The SMILES string of the molecule is C=CC1(C)C=C2C(O)CC3(C)C(C)(COC4OC(CO)C(O)C(O)C4O)C(=O)CCC3(C)C2CC1. The minimum atomic E-state index is -1.55. The van der Waals surface area contributed by atoms with Gasteiger partial charge >= 0.3 is 0 Å². The molecule has 0 spiro atoms. The average molecular weight is 495 g/mol. The zero-order valence-electron chi connectivity index (χ0n) is 21.3. The van der Waals surface area contributed by atoms with E-state index in [0.717, 1.165) is 24.8 Å². The number of fused-ring (bicyclic) bond motifs is 3. The van der Waals surface area contributed by atoms with E-state index in [1.807, 2.05) is 13.0 Å². The van der Waals surface area contributed by atoms with E-state index in [1.165, 1.54) is 0 Å². The molecule has 8 nitrogen and oxygen atoms in total. The van der Waals surface area contributed by atoms with E-state index in [4.69, 9.17) is 9.47 Å². The van der Waals surface area contributed by atoms with Crippen molar-refractivity contribution in [2.45, 2.75) is 96.6 Å². The summed E-state index contributed by atoms with van der Waals surface area (Å²) < 4.78 is 11.5. The van der Waals surface area contributed by atoms with Crippen LogP contribution in [0.3, 0.4) is 0 Å². The lowest BCUT2D eigenvalue weighted by Gasteiger charge is -2.66. The van der Waals surface area contributed by atoms with Gasteiger partial charge in [-0.3, -0.25) is 4.79 Å². The molecule has 1 heterocycles. The van der Waals surface area contributed by atoms with Gasteiger partial charge < -0.3 is 35.0 Å². The number of carbonyl (C=O) groups is 1. The predicted octanol–water partition coefficient (Wildman–Crippen LogP) is 1.48. The van der Waals surface area contributed by atoms with Crippen LogP contribution < -0.4 is 0 Å². The van der Waals surface area contributed by atoms with Crippen molar-refractivity contribution in [1.82, 2.24) is 0 Å². The van der Waals surface area contributed by atoms with Gasteiger partial charge in [-0.15, -0.1) is 6.58 Å². The van der Waals surface area contributed by atoms with Gasteiger partial charge in [0.15, 0.2) is 6.29 Å². The number of allylic oxidation sites excluding steroid dienone is 2. The number of hydrogen-bond acceptors (Lipinski definition) is 8. The van der Waals surface area contributed by atoms with Gasteiger partial charge in [-0.1, -0.05) is 32.9 Å². The zero-order valence-corrected chi connectivity index (χ0v) is 21.3. The fourth-order valence-corrected chi connectivity index (χ4v) is 7.43. The lowest BCUT2D eigenvalue weighted by Crippen LogP contribution is -2.66. The van der Waals surface area contributed by atoms with Crippen molar-refractivity contribution in [2.75, 3.05) is 13.2 Å². The van der Waals surface area contributed by atoms with Crippen molar-refractivity contribution in [3.63, 3.8) is 0 Å². The van der Waals surface area contributed by atoms with E-state index in [0.29, 0.717) is 12.8 Å². The van der Waals surface area contributed by atoms with Crippen molar-refractivity contribution in [2.24, 2.45) is 27.6 Å². The standard InChI is InChI=1S/C27H42O8/c1-6-24(2)9-7-16-15(11-24)17(29)12-27(5)25(16,3)10-8-19(30)26(27,4)14-34-23-22(33)21(32)20(31)18(13-28)35-23/h6,11,16-18,20-23,28-29,31-33H,1,7-10,12-14H2,2-5H3. The van der Waals surface area contributed by atoms with Crippen LogP contribution in [0.15, 0.2) is 24.3 Å². The highest BCUT2D eigenvalue weighted by atomic mass is 16.7. The number of ketones is 1. The molecule has 2 saturated carbocycles. The molecule has 8 heteroatoms. The molecule has 4 aliphatic rings. The first-order valence-electron chi connectivity index (χ1n) is 12.8. The van der Waals surface area contributed by atoms with Gasteiger partial charge in [0.25, 0.3) is 0 Å². The third-order valence-electron chi connectivity index (χ3n) is 10.4. The molecule has 0 aromatic heterocycles. The van der Waals surface area contributed by atoms with E-state index >= 15 is 0 Å². The quantitative estimate of drug-likeness (QED) is 0.363. The molecule has 1 aliphatic heterocycles. The summed E-state index contributed by atoms with van der Waals surface area (Å²) in [4.78, 5) is 13.5. The Kier molecular flexibility index (Phi) is 6.93. The summed E-state index contributed by atoms with van der Waals surface area (Å²) >= 11 is 0. The minimum absolute atomic E-state index is 0.0356. The Hall–Kier alpha value is -1.13. The van der Waals surface area contributed by atoms with E-state index < -0.39 is 54.2 Å². The summed E-state index contributed by atoms with van der Waals surface area (Å²) in [6.07, 6.45) is -0.171. The number of aliphatic hydroxyl groups excluding tert-OH is 5. The van der Waals surface area contributed by atoms with Gasteiger partial charge in [0, 0.05) is 11.8 Å². The fourth-order valence-electron chi connectivity index (χ4n) is 7.43. The summed E-state index contributed by atoms with van der Waals surface area (Å²) in [6.45, 7) is 11.7. The monoisotopic (exact) mass is 494 g/mol. The van der Waals surface area contributed by atoms with Crippen molar-refractivity contribution in [1.29, 1.82) is 0 Å². The van der Waals surface area contributed by atoms with Gasteiger partial charge in [-0.25, -0.2) is 0 Å².